The van der Waals surface area contributed by atoms with Gasteiger partial charge in [0.25, 0.3) is 0 Å². The van der Waals surface area contributed by atoms with Gasteiger partial charge in [-0.15, -0.1) is 0 Å². The summed E-state index contributed by atoms with van der Waals surface area (Å²) < 4.78 is 18.7. The number of rotatable bonds is 5. The van der Waals surface area contributed by atoms with Crippen LogP contribution in [-0.2, 0) is 6.42 Å². The molecule has 0 spiro atoms. The van der Waals surface area contributed by atoms with Crippen LogP contribution < -0.4 is 15.4 Å². The number of methoxy groups -OCH3 is 1. The molecule has 1 unspecified atom stereocenters. The highest BCUT2D eigenvalue weighted by Crippen LogP contribution is 2.29. The number of hydrogen-bond acceptors (Lipinski definition) is 3. The van der Waals surface area contributed by atoms with Gasteiger partial charge in [-0.1, -0.05) is 24.3 Å². The van der Waals surface area contributed by atoms with Crippen molar-refractivity contribution in [2.24, 2.45) is 0 Å². The molecular formula is C19H23FN2O. The molecular weight excluding hydrogens is 291 g/mol. The first-order valence-corrected chi connectivity index (χ1v) is 8.16. The molecule has 1 heterocycles. The maximum Gasteiger partial charge on any atom is 0.165 e. The van der Waals surface area contributed by atoms with Gasteiger partial charge in [0.05, 0.1) is 7.11 Å². The lowest BCUT2D eigenvalue weighted by Gasteiger charge is -2.19. The molecule has 0 saturated heterocycles. The molecule has 2 aromatic carbocycles. The summed E-state index contributed by atoms with van der Waals surface area (Å²) in [6.07, 6.45) is 3.05. The van der Waals surface area contributed by atoms with E-state index in [0.29, 0.717) is 11.8 Å². The van der Waals surface area contributed by atoms with Gasteiger partial charge in [-0.3, -0.25) is 0 Å². The van der Waals surface area contributed by atoms with Crippen molar-refractivity contribution in [1.29, 1.82) is 0 Å². The van der Waals surface area contributed by atoms with Crippen LogP contribution >= 0.6 is 0 Å². The Morgan fingerprint density at radius 3 is 2.96 bits per heavy atom. The zero-order chi connectivity index (χ0) is 16.1. The first kappa shape index (κ1) is 15.8. The fraction of sp³-hybridized carbons (Fsp3) is 0.368. The Morgan fingerprint density at radius 1 is 1.26 bits per heavy atom. The van der Waals surface area contributed by atoms with Crippen LogP contribution in [0.5, 0.6) is 5.75 Å². The van der Waals surface area contributed by atoms with Gasteiger partial charge >= 0.3 is 0 Å². The Labute approximate surface area is 136 Å². The second-order valence-electron chi connectivity index (χ2n) is 5.88. The van der Waals surface area contributed by atoms with Crippen LogP contribution in [0.15, 0.2) is 42.5 Å². The number of nitrogens with one attached hydrogen (secondary N) is 2. The minimum atomic E-state index is -0.297. The van der Waals surface area contributed by atoms with E-state index in [1.165, 1.54) is 18.4 Å². The number of halogens is 1. The van der Waals surface area contributed by atoms with Crippen molar-refractivity contribution in [1.82, 2.24) is 5.32 Å². The van der Waals surface area contributed by atoms with E-state index >= 15 is 0 Å². The van der Waals surface area contributed by atoms with E-state index in [1.54, 1.807) is 12.1 Å². The summed E-state index contributed by atoms with van der Waals surface area (Å²) in [5, 5.41) is 7.10. The van der Waals surface area contributed by atoms with Gasteiger partial charge in [0, 0.05) is 18.3 Å². The molecule has 0 radical (unpaired) electrons. The lowest BCUT2D eigenvalue weighted by Crippen LogP contribution is -2.23. The van der Waals surface area contributed by atoms with Gasteiger partial charge in [0.2, 0.25) is 0 Å². The van der Waals surface area contributed by atoms with Gasteiger partial charge in [0.1, 0.15) is 0 Å². The van der Waals surface area contributed by atoms with E-state index in [1.807, 2.05) is 6.07 Å². The molecule has 0 bridgehead atoms. The van der Waals surface area contributed by atoms with E-state index in [2.05, 4.69) is 34.9 Å². The van der Waals surface area contributed by atoms with Crippen molar-refractivity contribution < 1.29 is 9.13 Å². The summed E-state index contributed by atoms with van der Waals surface area (Å²) in [7, 11) is 1.48. The molecule has 23 heavy (non-hydrogen) atoms. The fourth-order valence-corrected chi connectivity index (χ4v) is 3.11. The fourth-order valence-electron chi connectivity index (χ4n) is 3.11. The van der Waals surface area contributed by atoms with Crippen molar-refractivity contribution in [3.63, 3.8) is 0 Å². The minimum absolute atomic E-state index is 0.297. The topological polar surface area (TPSA) is 33.3 Å². The van der Waals surface area contributed by atoms with Crippen LogP contribution in [0.3, 0.4) is 0 Å². The molecule has 122 valence electrons. The molecule has 2 aromatic rings. The summed E-state index contributed by atoms with van der Waals surface area (Å²) in [6, 6.07) is 14.0. The molecule has 4 heteroatoms. The van der Waals surface area contributed by atoms with Crippen LogP contribution in [-0.4, -0.2) is 20.2 Å². The molecule has 1 aliphatic heterocycles. The predicted octanol–water partition coefficient (Wildman–Crippen LogP) is 3.91. The molecule has 0 saturated carbocycles. The van der Waals surface area contributed by atoms with Gasteiger partial charge in [-0.05, 0) is 55.1 Å². The van der Waals surface area contributed by atoms with Gasteiger partial charge < -0.3 is 15.4 Å². The van der Waals surface area contributed by atoms with Crippen LogP contribution in [0.4, 0.5) is 10.1 Å². The Kier molecular flexibility index (Phi) is 5.13. The highest BCUT2D eigenvalue weighted by atomic mass is 19.1. The predicted molar refractivity (Wildman–Crippen MR) is 91.6 cm³/mol. The summed E-state index contributed by atoms with van der Waals surface area (Å²) >= 11 is 0. The Hall–Kier alpha value is -2.07. The number of para-hydroxylation sites is 1. The molecule has 3 nitrogen and oxygen atoms in total. The van der Waals surface area contributed by atoms with E-state index in [4.69, 9.17) is 4.74 Å². The summed E-state index contributed by atoms with van der Waals surface area (Å²) in [5.74, 6) is -0.000471. The molecule has 0 aromatic heterocycles. The third-order valence-electron chi connectivity index (χ3n) is 4.34. The van der Waals surface area contributed by atoms with E-state index < -0.39 is 0 Å². The van der Waals surface area contributed by atoms with Gasteiger partial charge in [0.15, 0.2) is 11.6 Å². The van der Waals surface area contributed by atoms with Crippen LogP contribution in [0, 0.1) is 5.82 Å². The standard InChI is InChI=1S/C19H23FN2O/c1-23-19-9-8-14(13-16(19)20)10-12-22-18-7-4-11-21-17-6-3-2-5-15(17)18/h2-3,5-6,8-9,13,18,21-22H,4,7,10-12H2,1H3. The normalized spacial score (nSPS) is 17.0. The highest BCUT2D eigenvalue weighted by molar-refractivity contribution is 5.53. The van der Waals surface area contributed by atoms with E-state index in [-0.39, 0.29) is 5.82 Å². The lowest BCUT2D eigenvalue weighted by atomic mass is 10.0. The molecule has 2 N–H and O–H groups in total. The Balaban J connectivity index is 1.61. The Morgan fingerprint density at radius 2 is 2.13 bits per heavy atom. The number of hydrogen-bond donors (Lipinski definition) is 2. The molecule has 1 aliphatic rings. The highest BCUT2D eigenvalue weighted by Gasteiger charge is 2.17. The third-order valence-corrected chi connectivity index (χ3v) is 4.34. The zero-order valence-electron chi connectivity index (χ0n) is 13.4. The number of fused-ring (bicyclic) bond motifs is 1. The monoisotopic (exact) mass is 314 g/mol. The molecule has 0 fully saturated rings. The number of ether oxygens (including phenoxy) is 1. The smallest absolute Gasteiger partial charge is 0.165 e. The summed E-state index contributed by atoms with van der Waals surface area (Å²) in [4.78, 5) is 0. The van der Waals surface area contributed by atoms with E-state index in [0.717, 1.165) is 37.9 Å². The zero-order valence-corrected chi connectivity index (χ0v) is 13.4. The SMILES string of the molecule is COc1ccc(CCNC2CCCNc3ccccc32)cc1F. The first-order chi connectivity index (χ1) is 11.3. The lowest BCUT2D eigenvalue weighted by molar-refractivity contribution is 0.386. The average Bonchev–Trinajstić information content (AvgIpc) is 2.78. The maximum atomic E-state index is 13.7. The Bertz CT molecular complexity index is 660. The summed E-state index contributed by atoms with van der Waals surface area (Å²) in [5.41, 5.74) is 3.53. The quantitative estimate of drug-likeness (QED) is 0.878. The molecule has 3 rings (SSSR count). The second kappa shape index (κ2) is 7.47. The average molecular weight is 314 g/mol. The van der Waals surface area contributed by atoms with Crippen molar-refractivity contribution >= 4 is 5.69 Å². The van der Waals surface area contributed by atoms with Gasteiger partial charge in [-0.2, -0.15) is 0 Å². The van der Waals surface area contributed by atoms with Gasteiger partial charge in [-0.25, -0.2) is 4.39 Å². The van der Waals surface area contributed by atoms with Crippen LogP contribution in [0.2, 0.25) is 0 Å². The maximum absolute atomic E-state index is 13.7. The van der Waals surface area contributed by atoms with E-state index in [9.17, 15) is 4.39 Å². The third kappa shape index (κ3) is 3.82. The number of benzene rings is 2. The van der Waals surface area contributed by atoms with Crippen molar-refractivity contribution in [2.75, 3.05) is 25.5 Å². The van der Waals surface area contributed by atoms with Crippen molar-refractivity contribution in [2.45, 2.75) is 25.3 Å². The molecule has 0 aliphatic carbocycles. The number of anilines is 1. The molecule has 1 atom stereocenters. The van der Waals surface area contributed by atoms with Crippen molar-refractivity contribution in [3.05, 3.63) is 59.4 Å². The van der Waals surface area contributed by atoms with Crippen LogP contribution in [0.25, 0.3) is 0 Å². The molecule has 0 amide bonds. The second-order valence-corrected chi connectivity index (χ2v) is 5.88. The van der Waals surface area contributed by atoms with Crippen molar-refractivity contribution in [3.8, 4) is 5.75 Å². The summed E-state index contributed by atoms with van der Waals surface area (Å²) in [6.45, 7) is 1.84. The largest absolute Gasteiger partial charge is 0.494 e. The van der Waals surface area contributed by atoms with Crippen LogP contribution in [0.1, 0.15) is 30.0 Å². The minimum Gasteiger partial charge on any atom is -0.494 e. The first-order valence-electron chi connectivity index (χ1n) is 8.16.